The number of Topliss-reactive ketones (excluding diaryl/α,β-unsaturated/α-hetero) is 1. The number of rotatable bonds is 12. The van der Waals surface area contributed by atoms with Crippen molar-refractivity contribution in [2.24, 2.45) is 5.92 Å². The summed E-state index contributed by atoms with van der Waals surface area (Å²) >= 11 is 0. The molecule has 39 heavy (non-hydrogen) atoms. The highest BCUT2D eigenvalue weighted by Crippen LogP contribution is 2.41. The largest absolute Gasteiger partial charge is 0.507 e. The topological polar surface area (TPSA) is 79.3 Å². The van der Waals surface area contributed by atoms with E-state index in [9.17, 15) is 14.7 Å². The summed E-state index contributed by atoms with van der Waals surface area (Å²) in [6.45, 7) is 14.2. The van der Waals surface area contributed by atoms with E-state index >= 15 is 0 Å². The second-order valence-electron chi connectivity index (χ2n) is 10.9. The Morgan fingerprint density at radius 3 is 2.64 bits per heavy atom. The van der Waals surface area contributed by atoms with Gasteiger partial charge in [-0.2, -0.15) is 0 Å². The molecule has 7 nitrogen and oxygen atoms in total. The second-order valence-corrected chi connectivity index (χ2v) is 10.9. The number of likely N-dealkylation sites (tertiary alicyclic amines) is 1. The van der Waals surface area contributed by atoms with Gasteiger partial charge < -0.3 is 24.4 Å². The first-order chi connectivity index (χ1) is 18.7. The lowest BCUT2D eigenvalue weighted by atomic mass is 9.94. The molecule has 0 saturated carbocycles. The number of ether oxygens (including phenoxy) is 2. The Bertz CT molecular complexity index is 1220. The van der Waals surface area contributed by atoms with Crippen molar-refractivity contribution in [3.8, 4) is 11.5 Å². The average Bonchev–Trinajstić information content (AvgIpc) is 3.41. The lowest BCUT2D eigenvalue weighted by molar-refractivity contribution is -0.140. The van der Waals surface area contributed by atoms with Crippen LogP contribution >= 0.6 is 0 Å². The van der Waals surface area contributed by atoms with Crippen molar-refractivity contribution in [3.05, 3.63) is 64.7 Å². The van der Waals surface area contributed by atoms with E-state index in [1.807, 2.05) is 43.3 Å². The van der Waals surface area contributed by atoms with Crippen LogP contribution in [0.5, 0.6) is 11.5 Å². The monoisotopic (exact) mass is 534 g/mol. The van der Waals surface area contributed by atoms with Crippen molar-refractivity contribution in [2.75, 3.05) is 32.8 Å². The van der Waals surface area contributed by atoms with E-state index in [0.717, 1.165) is 55.8 Å². The third-order valence-electron chi connectivity index (χ3n) is 7.61. The van der Waals surface area contributed by atoms with Gasteiger partial charge in [-0.05, 0) is 86.8 Å². The van der Waals surface area contributed by atoms with Crippen molar-refractivity contribution in [1.29, 1.82) is 0 Å². The molecule has 2 aromatic rings. The molecule has 2 heterocycles. The van der Waals surface area contributed by atoms with Gasteiger partial charge in [0.2, 0.25) is 0 Å². The zero-order valence-electron chi connectivity index (χ0n) is 23.9. The Balaban J connectivity index is 1.71. The summed E-state index contributed by atoms with van der Waals surface area (Å²) in [7, 11) is 0. The number of carbonyl (C=O) groups excluding carboxylic acids is 2. The molecule has 2 aliphatic rings. The fraction of sp³-hybridized carbons (Fsp3) is 0.500. The molecule has 0 bridgehead atoms. The highest BCUT2D eigenvalue weighted by atomic mass is 16.5. The van der Waals surface area contributed by atoms with Crippen molar-refractivity contribution in [3.63, 3.8) is 0 Å². The molecule has 2 aliphatic heterocycles. The first kappa shape index (κ1) is 28.7. The van der Waals surface area contributed by atoms with E-state index in [4.69, 9.17) is 9.47 Å². The van der Waals surface area contributed by atoms with Crippen molar-refractivity contribution < 1.29 is 24.2 Å². The minimum absolute atomic E-state index is 0.0622. The number of hydrogen-bond acceptors (Lipinski definition) is 6. The molecule has 210 valence electrons. The first-order valence-electron chi connectivity index (χ1n) is 14.3. The molecule has 0 radical (unpaired) electrons. The van der Waals surface area contributed by atoms with Crippen LogP contribution in [0.4, 0.5) is 0 Å². The molecule has 1 saturated heterocycles. The Morgan fingerprint density at radius 2 is 1.92 bits per heavy atom. The van der Waals surface area contributed by atoms with Crippen LogP contribution in [0, 0.1) is 5.92 Å². The van der Waals surface area contributed by atoms with Gasteiger partial charge in [-0.15, -0.1) is 0 Å². The van der Waals surface area contributed by atoms with Gasteiger partial charge in [0.1, 0.15) is 23.4 Å². The summed E-state index contributed by atoms with van der Waals surface area (Å²) in [5.74, 6) is 0.607. The Morgan fingerprint density at radius 1 is 1.15 bits per heavy atom. The molecule has 4 rings (SSSR count). The minimum Gasteiger partial charge on any atom is -0.507 e. The lowest BCUT2D eigenvalue weighted by Gasteiger charge is -2.27. The number of benzene rings is 2. The zero-order valence-corrected chi connectivity index (χ0v) is 23.9. The van der Waals surface area contributed by atoms with Crippen LogP contribution in [0.25, 0.3) is 5.76 Å². The number of amides is 1. The number of fused-ring (bicyclic) bond motifs is 1. The van der Waals surface area contributed by atoms with Gasteiger partial charge in [-0.1, -0.05) is 39.8 Å². The fourth-order valence-corrected chi connectivity index (χ4v) is 5.37. The molecule has 1 N–H and O–H groups in total. The van der Waals surface area contributed by atoms with Gasteiger partial charge in [0.05, 0.1) is 18.2 Å². The Hall–Kier alpha value is -3.32. The van der Waals surface area contributed by atoms with E-state index in [0.29, 0.717) is 30.4 Å². The van der Waals surface area contributed by atoms with Crippen LogP contribution in [0.1, 0.15) is 70.2 Å². The summed E-state index contributed by atoms with van der Waals surface area (Å²) in [5, 5.41) is 11.5. The summed E-state index contributed by atoms with van der Waals surface area (Å²) in [5.41, 5.74) is 2.37. The quantitative estimate of drug-likeness (QED) is 0.217. The molecule has 2 atom stereocenters. The maximum absolute atomic E-state index is 13.5. The number of nitrogens with zero attached hydrogens (tertiary/aromatic N) is 2. The summed E-state index contributed by atoms with van der Waals surface area (Å²) in [4.78, 5) is 30.8. The molecule has 7 heteroatoms. The third kappa shape index (κ3) is 6.47. The number of aliphatic hydroxyl groups excluding tert-OH is 1. The Kier molecular flexibility index (Phi) is 9.33. The summed E-state index contributed by atoms with van der Waals surface area (Å²) in [6, 6.07) is 12.3. The molecular weight excluding hydrogens is 492 g/mol. The molecule has 1 fully saturated rings. The van der Waals surface area contributed by atoms with Crippen molar-refractivity contribution in [2.45, 2.75) is 66.0 Å². The van der Waals surface area contributed by atoms with E-state index in [-0.39, 0.29) is 17.4 Å². The Labute approximate surface area is 232 Å². The number of ketones is 1. The standard InChI is InChI=1S/C32H42N2O5/c1-6-33(7-2)15-9-16-34-29(23-10-8-11-26(20-23)38-17-14-21(3)4)28(31(36)32(34)37)30(35)24-12-13-27-25(19-24)18-22(5)39-27/h8,10-13,19-22,29,35H,6-7,9,14-18H2,1-5H3/t22-,29-/m0/s1. The predicted molar refractivity (Wildman–Crippen MR) is 153 cm³/mol. The second kappa shape index (κ2) is 12.7. The van der Waals surface area contributed by atoms with Crippen LogP contribution in [0.15, 0.2) is 48.0 Å². The zero-order chi connectivity index (χ0) is 28.1. The molecule has 0 unspecified atom stereocenters. The lowest BCUT2D eigenvalue weighted by Crippen LogP contribution is -2.33. The van der Waals surface area contributed by atoms with E-state index < -0.39 is 17.7 Å². The molecular formula is C32H42N2O5. The number of aliphatic hydroxyl groups is 1. The summed E-state index contributed by atoms with van der Waals surface area (Å²) in [6.07, 6.45) is 2.45. The van der Waals surface area contributed by atoms with Gasteiger partial charge in [0, 0.05) is 18.5 Å². The minimum atomic E-state index is -0.696. The fourth-order valence-electron chi connectivity index (χ4n) is 5.37. The van der Waals surface area contributed by atoms with E-state index in [1.165, 1.54) is 0 Å². The predicted octanol–water partition coefficient (Wildman–Crippen LogP) is 5.59. The SMILES string of the molecule is CCN(CC)CCCN1C(=O)C(=O)C(=C(O)c2ccc3c(c2)C[C@H](C)O3)[C@@H]1c1cccc(OCCC(C)C)c1. The van der Waals surface area contributed by atoms with Crippen LogP contribution in [-0.4, -0.2) is 65.5 Å². The molecule has 1 amide bonds. The van der Waals surface area contributed by atoms with Crippen molar-refractivity contribution >= 4 is 17.4 Å². The van der Waals surface area contributed by atoms with Gasteiger partial charge in [0.15, 0.2) is 0 Å². The molecule has 0 aromatic heterocycles. The van der Waals surface area contributed by atoms with Gasteiger partial charge in [-0.3, -0.25) is 9.59 Å². The van der Waals surface area contributed by atoms with Crippen molar-refractivity contribution in [1.82, 2.24) is 9.80 Å². The van der Waals surface area contributed by atoms with Gasteiger partial charge >= 0.3 is 0 Å². The highest BCUT2D eigenvalue weighted by molar-refractivity contribution is 6.46. The third-order valence-corrected chi connectivity index (χ3v) is 7.61. The van der Waals surface area contributed by atoms with E-state index in [1.54, 1.807) is 11.0 Å². The molecule has 0 aliphatic carbocycles. The maximum atomic E-state index is 13.5. The smallest absolute Gasteiger partial charge is 0.295 e. The highest BCUT2D eigenvalue weighted by Gasteiger charge is 2.46. The summed E-state index contributed by atoms with van der Waals surface area (Å²) < 4.78 is 11.8. The number of carbonyl (C=O) groups is 2. The normalized spacial score (nSPS) is 20.1. The van der Waals surface area contributed by atoms with Crippen LogP contribution in [-0.2, 0) is 16.0 Å². The van der Waals surface area contributed by atoms with Crippen LogP contribution in [0.2, 0.25) is 0 Å². The maximum Gasteiger partial charge on any atom is 0.295 e. The molecule has 0 spiro atoms. The van der Waals surface area contributed by atoms with Crippen LogP contribution in [0.3, 0.4) is 0 Å². The van der Waals surface area contributed by atoms with Crippen LogP contribution < -0.4 is 9.47 Å². The van der Waals surface area contributed by atoms with E-state index in [2.05, 4.69) is 32.6 Å². The average molecular weight is 535 g/mol. The number of hydrogen-bond donors (Lipinski definition) is 1. The molecule has 2 aromatic carbocycles. The van der Waals surface area contributed by atoms with Gasteiger partial charge in [0.25, 0.3) is 11.7 Å². The van der Waals surface area contributed by atoms with Gasteiger partial charge in [-0.25, -0.2) is 0 Å². The first-order valence-corrected chi connectivity index (χ1v) is 14.3.